The molecule has 0 aliphatic carbocycles. The predicted octanol–water partition coefficient (Wildman–Crippen LogP) is 6.45. The Morgan fingerprint density at radius 2 is 1.75 bits per heavy atom. The maximum absolute atomic E-state index is 12.4. The van der Waals surface area contributed by atoms with Gasteiger partial charge in [0.25, 0.3) is 0 Å². The highest BCUT2D eigenvalue weighted by Gasteiger charge is 2.11. The lowest BCUT2D eigenvalue weighted by atomic mass is 10.1. The van der Waals surface area contributed by atoms with Gasteiger partial charge in [-0.1, -0.05) is 52.3 Å². The van der Waals surface area contributed by atoms with E-state index in [1.54, 1.807) is 11.8 Å². The molecular formula is C23H21BrN2OS. The van der Waals surface area contributed by atoms with Crippen molar-refractivity contribution >= 4 is 61.1 Å². The van der Waals surface area contributed by atoms with Crippen LogP contribution in [0.1, 0.15) is 12.5 Å². The Hall–Kier alpha value is -2.24. The van der Waals surface area contributed by atoms with Crippen LogP contribution in [-0.2, 0) is 17.1 Å². The van der Waals surface area contributed by atoms with E-state index in [2.05, 4.69) is 75.2 Å². The van der Waals surface area contributed by atoms with Crippen molar-refractivity contribution < 1.29 is 4.79 Å². The number of aryl methyl sites for hydroxylation is 1. The summed E-state index contributed by atoms with van der Waals surface area (Å²) >= 11 is 5.17. The average molecular weight is 453 g/mol. The van der Waals surface area contributed by atoms with E-state index < -0.39 is 0 Å². The SMILES string of the molecule is CCn1c2ccccc2c2cc(NC(=O)CSCc3ccccc3Br)ccc21. The van der Waals surface area contributed by atoms with E-state index in [4.69, 9.17) is 0 Å². The van der Waals surface area contributed by atoms with Gasteiger partial charge in [-0.05, 0) is 42.8 Å². The third-order valence-electron chi connectivity index (χ3n) is 4.82. The molecule has 0 atom stereocenters. The molecule has 5 heteroatoms. The molecule has 4 rings (SSSR count). The molecule has 0 aliphatic rings. The number of carbonyl (C=O) groups is 1. The topological polar surface area (TPSA) is 34.0 Å². The van der Waals surface area contributed by atoms with Crippen LogP contribution in [-0.4, -0.2) is 16.2 Å². The number of hydrogen-bond acceptors (Lipinski definition) is 2. The van der Waals surface area contributed by atoms with Crippen molar-refractivity contribution in [3.63, 3.8) is 0 Å². The first-order chi connectivity index (χ1) is 13.7. The molecule has 1 heterocycles. The third kappa shape index (κ3) is 3.82. The smallest absolute Gasteiger partial charge is 0.234 e. The zero-order valence-corrected chi connectivity index (χ0v) is 18.0. The number of anilines is 1. The molecule has 0 saturated heterocycles. The summed E-state index contributed by atoms with van der Waals surface area (Å²) in [5.41, 5.74) is 4.48. The predicted molar refractivity (Wildman–Crippen MR) is 124 cm³/mol. The number of nitrogens with zero attached hydrogens (tertiary/aromatic N) is 1. The Morgan fingerprint density at radius 1 is 1.00 bits per heavy atom. The molecule has 28 heavy (non-hydrogen) atoms. The Labute approximate surface area is 177 Å². The summed E-state index contributed by atoms with van der Waals surface area (Å²) in [6.45, 7) is 3.07. The number of fused-ring (bicyclic) bond motifs is 3. The Kier molecular flexibility index (Phi) is 5.74. The van der Waals surface area contributed by atoms with Crippen LogP contribution in [0.3, 0.4) is 0 Å². The number of halogens is 1. The second-order valence-electron chi connectivity index (χ2n) is 6.63. The lowest BCUT2D eigenvalue weighted by Gasteiger charge is -2.07. The van der Waals surface area contributed by atoms with Crippen LogP contribution >= 0.6 is 27.7 Å². The molecule has 0 bridgehead atoms. The first kappa shape index (κ1) is 19.1. The number of thioether (sulfide) groups is 1. The highest BCUT2D eigenvalue weighted by atomic mass is 79.9. The average Bonchev–Trinajstić information content (AvgIpc) is 3.02. The summed E-state index contributed by atoms with van der Waals surface area (Å²) in [6.07, 6.45) is 0. The van der Waals surface area contributed by atoms with E-state index in [0.29, 0.717) is 5.75 Å². The lowest BCUT2D eigenvalue weighted by molar-refractivity contribution is -0.113. The Balaban J connectivity index is 1.48. The van der Waals surface area contributed by atoms with Crippen molar-refractivity contribution in [2.45, 2.75) is 19.2 Å². The second kappa shape index (κ2) is 8.41. The van der Waals surface area contributed by atoms with Crippen LogP contribution < -0.4 is 5.32 Å². The first-order valence-electron chi connectivity index (χ1n) is 9.29. The summed E-state index contributed by atoms with van der Waals surface area (Å²) in [5, 5.41) is 5.44. The fraction of sp³-hybridized carbons (Fsp3) is 0.174. The number of rotatable bonds is 6. The molecule has 3 nitrogen and oxygen atoms in total. The molecule has 0 fully saturated rings. The number of para-hydroxylation sites is 1. The van der Waals surface area contributed by atoms with E-state index in [9.17, 15) is 4.79 Å². The molecule has 1 aromatic heterocycles. The zero-order valence-electron chi connectivity index (χ0n) is 15.6. The summed E-state index contributed by atoms with van der Waals surface area (Å²) in [7, 11) is 0. The molecule has 0 spiro atoms. The molecule has 1 N–H and O–H groups in total. The lowest BCUT2D eigenvalue weighted by Crippen LogP contribution is -2.14. The maximum atomic E-state index is 12.4. The maximum Gasteiger partial charge on any atom is 0.234 e. The van der Waals surface area contributed by atoms with Gasteiger partial charge in [-0.2, -0.15) is 0 Å². The number of carbonyl (C=O) groups excluding carboxylic acids is 1. The number of amides is 1. The van der Waals surface area contributed by atoms with E-state index in [1.807, 2.05) is 24.3 Å². The van der Waals surface area contributed by atoms with E-state index >= 15 is 0 Å². The van der Waals surface area contributed by atoms with Gasteiger partial charge in [0.05, 0.1) is 5.75 Å². The fourth-order valence-corrected chi connectivity index (χ4v) is 4.98. The second-order valence-corrected chi connectivity index (χ2v) is 8.47. The van der Waals surface area contributed by atoms with Gasteiger partial charge in [-0.25, -0.2) is 0 Å². The van der Waals surface area contributed by atoms with Gasteiger partial charge in [-0.15, -0.1) is 11.8 Å². The van der Waals surface area contributed by atoms with Crippen LogP contribution in [0.2, 0.25) is 0 Å². The number of benzene rings is 3. The monoisotopic (exact) mass is 452 g/mol. The van der Waals surface area contributed by atoms with Crippen LogP contribution in [0.25, 0.3) is 21.8 Å². The standard InChI is InChI=1S/C23H21BrN2OS/c1-2-26-21-10-6-4-8-18(21)19-13-17(11-12-22(19)26)25-23(27)15-28-14-16-7-3-5-9-20(16)24/h3-13H,2,14-15H2,1H3,(H,25,27). The van der Waals surface area contributed by atoms with Crippen LogP contribution in [0, 0.1) is 0 Å². The molecule has 0 saturated carbocycles. The highest BCUT2D eigenvalue weighted by molar-refractivity contribution is 9.10. The van der Waals surface area contributed by atoms with Crippen molar-refractivity contribution in [1.82, 2.24) is 4.57 Å². The minimum Gasteiger partial charge on any atom is -0.341 e. The molecule has 3 aromatic carbocycles. The number of aromatic nitrogens is 1. The molecule has 0 unspecified atom stereocenters. The van der Waals surface area contributed by atoms with E-state index in [1.165, 1.54) is 27.4 Å². The first-order valence-corrected chi connectivity index (χ1v) is 11.2. The van der Waals surface area contributed by atoms with Gasteiger partial charge < -0.3 is 9.88 Å². The van der Waals surface area contributed by atoms with Gasteiger partial charge >= 0.3 is 0 Å². The summed E-state index contributed by atoms with van der Waals surface area (Å²) < 4.78 is 3.39. The van der Waals surface area contributed by atoms with E-state index in [-0.39, 0.29) is 5.91 Å². The highest BCUT2D eigenvalue weighted by Crippen LogP contribution is 2.31. The van der Waals surface area contributed by atoms with Gasteiger partial charge in [0.2, 0.25) is 5.91 Å². The summed E-state index contributed by atoms with van der Waals surface area (Å²) in [6, 6.07) is 22.7. The van der Waals surface area contributed by atoms with Gasteiger partial charge in [-0.3, -0.25) is 4.79 Å². The molecular weight excluding hydrogens is 432 g/mol. The van der Waals surface area contributed by atoms with Gasteiger partial charge in [0.15, 0.2) is 0 Å². The Morgan fingerprint density at radius 3 is 2.57 bits per heavy atom. The van der Waals surface area contributed by atoms with Crippen LogP contribution in [0.4, 0.5) is 5.69 Å². The quantitative estimate of drug-likeness (QED) is 0.364. The molecule has 0 radical (unpaired) electrons. The molecule has 1 amide bonds. The summed E-state index contributed by atoms with van der Waals surface area (Å²) in [4.78, 5) is 12.4. The van der Waals surface area contributed by atoms with Crippen LogP contribution in [0.15, 0.2) is 71.2 Å². The normalized spacial score (nSPS) is 11.2. The number of nitrogens with one attached hydrogen (secondary N) is 1. The minimum atomic E-state index is 0.0237. The summed E-state index contributed by atoms with van der Waals surface area (Å²) in [5.74, 6) is 1.25. The van der Waals surface area contributed by atoms with Crippen molar-refractivity contribution in [1.29, 1.82) is 0 Å². The van der Waals surface area contributed by atoms with Crippen molar-refractivity contribution in [3.8, 4) is 0 Å². The van der Waals surface area contributed by atoms with Crippen molar-refractivity contribution in [3.05, 3.63) is 76.8 Å². The Bertz CT molecular complexity index is 1150. The third-order valence-corrected chi connectivity index (χ3v) is 6.58. The molecule has 0 aliphatic heterocycles. The van der Waals surface area contributed by atoms with Crippen molar-refractivity contribution in [2.24, 2.45) is 0 Å². The van der Waals surface area contributed by atoms with Crippen LogP contribution in [0.5, 0.6) is 0 Å². The molecule has 142 valence electrons. The fourth-order valence-electron chi connectivity index (χ4n) is 3.54. The minimum absolute atomic E-state index is 0.0237. The van der Waals surface area contributed by atoms with E-state index in [0.717, 1.165) is 22.5 Å². The van der Waals surface area contributed by atoms with Crippen molar-refractivity contribution in [2.75, 3.05) is 11.1 Å². The number of hydrogen-bond donors (Lipinski definition) is 1. The van der Waals surface area contributed by atoms with Gasteiger partial charge in [0.1, 0.15) is 0 Å². The molecule has 4 aromatic rings. The largest absolute Gasteiger partial charge is 0.341 e. The zero-order chi connectivity index (χ0) is 19.5. The van der Waals surface area contributed by atoms with Gasteiger partial charge in [0, 0.05) is 44.3 Å².